The fourth-order valence-corrected chi connectivity index (χ4v) is 3.63. The van der Waals surface area contributed by atoms with Crippen LogP contribution in [0.25, 0.3) is 0 Å². The smallest absolute Gasteiger partial charge is 0.420 e. The zero-order chi connectivity index (χ0) is 30.2. The lowest BCUT2D eigenvalue weighted by Crippen LogP contribution is -2.32. The second-order valence-electron chi connectivity index (χ2n) is 8.45. The van der Waals surface area contributed by atoms with Gasteiger partial charge in [-0.1, -0.05) is 6.58 Å². The number of hydrogen-bond donors (Lipinski definition) is 3. The molecule has 1 amide bonds. The minimum atomic E-state index is -4.67. The Balaban J connectivity index is 1.93. The average Bonchev–Trinajstić information content (AvgIpc) is 2.95. The SMILES string of the molecule is C=C/N=C1/C=NC(N(C)CCOC)=N/C1=C(/N)Nc1cc(C(=O)Nc2ccc(OC)c(C(F)(F)F)c2)ccc1OC. The number of anilines is 2. The number of nitrogens with zero attached hydrogens (tertiary/aromatic N) is 4. The third-order valence-corrected chi connectivity index (χ3v) is 5.71. The number of likely N-dealkylation sites (N-methyl/N-ethyl adjacent to an activating group) is 1. The molecular weight excluding hydrogens is 543 g/mol. The number of carbonyl (C=O) groups excluding carboxylic acids is 1. The van der Waals surface area contributed by atoms with E-state index in [-0.39, 0.29) is 28.5 Å². The fraction of sp³-hybridized carbons (Fsp3) is 0.259. The molecule has 0 spiro atoms. The van der Waals surface area contributed by atoms with E-state index < -0.39 is 17.6 Å². The summed E-state index contributed by atoms with van der Waals surface area (Å²) in [5.74, 6) is -0.267. The molecular formula is C27H30F3N7O4. The first kappa shape index (κ1) is 30.7. The van der Waals surface area contributed by atoms with Crippen LogP contribution in [-0.4, -0.2) is 70.2 Å². The lowest BCUT2D eigenvalue weighted by molar-refractivity contribution is -0.138. The predicted molar refractivity (Wildman–Crippen MR) is 152 cm³/mol. The number of carbonyl (C=O) groups is 1. The summed E-state index contributed by atoms with van der Waals surface area (Å²) in [6.45, 7) is 4.57. The first-order valence-electron chi connectivity index (χ1n) is 12.1. The molecule has 218 valence electrons. The summed E-state index contributed by atoms with van der Waals surface area (Å²) in [7, 11) is 5.93. The molecule has 1 heterocycles. The predicted octanol–water partition coefficient (Wildman–Crippen LogP) is 4.12. The van der Waals surface area contributed by atoms with Gasteiger partial charge in [0, 0.05) is 38.2 Å². The Bertz CT molecular complexity index is 1420. The number of benzene rings is 2. The van der Waals surface area contributed by atoms with Gasteiger partial charge in [0.05, 0.1) is 38.3 Å². The number of alkyl halides is 3. The maximum absolute atomic E-state index is 13.4. The number of amides is 1. The van der Waals surface area contributed by atoms with Crippen LogP contribution in [0, 0.1) is 0 Å². The Morgan fingerprint density at radius 2 is 1.83 bits per heavy atom. The van der Waals surface area contributed by atoms with E-state index in [0.29, 0.717) is 36.3 Å². The van der Waals surface area contributed by atoms with E-state index in [2.05, 4.69) is 32.2 Å². The number of allylic oxidation sites excluding steroid dienone is 1. The Morgan fingerprint density at radius 3 is 2.46 bits per heavy atom. The number of ether oxygens (including phenoxy) is 3. The zero-order valence-corrected chi connectivity index (χ0v) is 22.9. The van der Waals surface area contributed by atoms with Gasteiger partial charge in [0.15, 0.2) is 0 Å². The van der Waals surface area contributed by atoms with Crippen LogP contribution in [0.1, 0.15) is 15.9 Å². The standard InChI is InChI=1S/C27H30F3N7O4/c1-6-32-20-15-33-26(37(2)11-12-39-3)36-23(20)24(31)35-19-13-16(7-9-22(19)41-5)25(38)34-17-8-10-21(40-4)18(14-17)27(28,29)30/h6-10,13-15,35H,1,11-12,31H2,2-5H3,(H,34,38)/b24-23-,32-20-. The van der Waals surface area contributed by atoms with Gasteiger partial charge in [-0.05, 0) is 36.4 Å². The molecule has 0 aliphatic carbocycles. The maximum atomic E-state index is 13.4. The number of guanidine groups is 1. The van der Waals surface area contributed by atoms with E-state index in [1.54, 1.807) is 19.1 Å². The van der Waals surface area contributed by atoms with E-state index in [1.165, 1.54) is 43.8 Å². The minimum absolute atomic E-state index is 0.0650. The number of nitrogens with two attached hydrogens (primary N) is 1. The number of methoxy groups -OCH3 is 3. The largest absolute Gasteiger partial charge is 0.496 e. The molecule has 0 atom stereocenters. The lowest BCUT2D eigenvalue weighted by atomic mass is 10.1. The van der Waals surface area contributed by atoms with E-state index in [1.807, 2.05) is 0 Å². The van der Waals surface area contributed by atoms with Crippen molar-refractivity contribution >= 4 is 35.2 Å². The van der Waals surface area contributed by atoms with Crippen LogP contribution >= 0.6 is 0 Å². The van der Waals surface area contributed by atoms with E-state index in [0.717, 1.165) is 19.2 Å². The Kier molecular flexibility index (Phi) is 10.1. The van der Waals surface area contributed by atoms with Gasteiger partial charge in [0.1, 0.15) is 28.7 Å². The number of hydrogen-bond acceptors (Lipinski definition) is 10. The second-order valence-corrected chi connectivity index (χ2v) is 8.45. The quantitative estimate of drug-likeness (QED) is 0.389. The molecule has 11 nitrogen and oxygen atoms in total. The summed E-state index contributed by atoms with van der Waals surface area (Å²) >= 11 is 0. The van der Waals surface area contributed by atoms with Crippen molar-refractivity contribution in [2.45, 2.75) is 6.18 Å². The summed E-state index contributed by atoms with van der Waals surface area (Å²) in [6, 6.07) is 7.64. The van der Waals surface area contributed by atoms with Crippen molar-refractivity contribution in [3.05, 3.63) is 71.8 Å². The summed E-state index contributed by atoms with van der Waals surface area (Å²) in [4.78, 5) is 27.8. The molecule has 0 unspecified atom stereocenters. The molecule has 1 aliphatic heterocycles. The van der Waals surface area contributed by atoms with Crippen molar-refractivity contribution in [3.63, 3.8) is 0 Å². The molecule has 0 saturated carbocycles. The third-order valence-electron chi connectivity index (χ3n) is 5.71. The maximum Gasteiger partial charge on any atom is 0.420 e. The van der Waals surface area contributed by atoms with Crippen molar-refractivity contribution in [1.29, 1.82) is 0 Å². The molecule has 1 aliphatic rings. The van der Waals surface area contributed by atoms with Crippen LogP contribution < -0.4 is 25.8 Å². The first-order valence-corrected chi connectivity index (χ1v) is 12.1. The van der Waals surface area contributed by atoms with Crippen LogP contribution in [0.2, 0.25) is 0 Å². The molecule has 2 aromatic rings. The van der Waals surface area contributed by atoms with E-state index >= 15 is 0 Å². The highest BCUT2D eigenvalue weighted by Crippen LogP contribution is 2.38. The first-order chi connectivity index (χ1) is 19.5. The topological polar surface area (TPSA) is 135 Å². The molecule has 2 aromatic carbocycles. The molecule has 4 N–H and O–H groups in total. The van der Waals surface area contributed by atoms with Gasteiger partial charge in [-0.3, -0.25) is 9.79 Å². The molecule has 41 heavy (non-hydrogen) atoms. The highest BCUT2D eigenvalue weighted by molar-refractivity contribution is 6.41. The summed E-state index contributed by atoms with van der Waals surface area (Å²) < 4.78 is 55.5. The third kappa shape index (κ3) is 7.63. The molecule has 14 heteroatoms. The van der Waals surface area contributed by atoms with Gasteiger partial charge in [0.25, 0.3) is 5.91 Å². The molecule has 0 fully saturated rings. The van der Waals surface area contributed by atoms with Crippen LogP contribution in [0.4, 0.5) is 24.5 Å². The van der Waals surface area contributed by atoms with Gasteiger partial charge in [-0.15, -0.1) is 0 Å². The molecule has 3 rings (SSSR count). The number of aliphatic imine (C=N–C) groups is 3. The van der Waals surface area contributed by atoms with Crippen LogP contribution in [0.3, 0.4) is 0 Å². The second kappa shape index (κ2) is 13.5. The fourth-order valence-electron chi connectivity index (χ4n) is 3.63. The minimum Gasteiger partial charge on any atom is -0.496 e. The van der Waals surface area contributed by atoms with E-state index in [9.17, 15) is 18.0 Å². The van der Waals surface area contributed by atoms with Gasteiger partial charge in [0.2, 0.25) is 5.96 Å². The van der Waals surface area contributed by atoms with Crippen LogP contribution in [0.15, 0.2) is 75.7 Å². The molecule has 0 saturated heterocycles. The number of halogens is 3. The average molecular weight is 574 g/mol. The van der Waals surface area contributed by atoms with Crippen molar-refractivity contribution in [2.75, 3.05) is 52.2 Å². The lowest BCUT2D eigenvalue weighted by Gasteiger charge is -2.21. The van der Waals surface area contributed by atoms with Crippen LogP contribution in [-0.2, 0) is 10.9 Å². The normalized spacial score (nSPS) is 15.2. The van der Waals surface area contributed by atoms with E-state index in [4.69, 9.17) is 19.9 Å². The van der Waals surface area contributed by atoms with Gasteiger partial charge in [-0.2, -0.15) is 13.2 Å². The Labute approximate surface area is 234 Å². The van der Waals surface area contributed by atoms with Gasteiger partial charge < -0.3 is 35.5 Å². The molecule has 0 bridgehead atoms. The van der Waals surface area contributed by atoms with Crippen molar-refractivity contribution in [3.8, 4) is 11.5 Å². The number of nitrogens with one attached hydrogen (secondary N) is 2. The Morgan fingerprint density at radius 1 is 1.12 bits per heavy atom. The molecule has 0 aromatic heterocycles. The summed E-state index contributed by atoms with van der Waals surface area (Å²) in [5.41, 5.74) is 6.30. The van der Waals surface area contributed by atoms with Crippen molar-refractivity contribution in [2.24, 2.45) is 20.7 Å². The highest BCUT2D eigenvalue weighted by atomic mass is 19.4. The Hall–Kier alpha value is -4.85. The highest BCUT2D eigenvalue weighted by Gasteiger charge is 2.34. The zero-order valence-electron chi connectivity index (χ0n) is 22.9. The summed E-state index contributed by atoms with van der Waals surface area (Å²) in [6.07, 6.45) is -1.87. The van der Waals surface area contributed by atoms with Crippen molar-refractivity contribution in [1.82, 2.24) is 4.90 Å². The summed E-state index contributed by atoms with van der Waals surface area (Å²) in [5, 5.41) is 5.46. The molecule has 0 radical (unpaired) electrons. The monoisotopic (exact) mass is 573 g/mol. The van der Waals surface area contributed by atoms with Gasteiger partial charge in [-0.25, -0.2) is 9.98 Å². The number of rotatable bonds is 10. The van der Waals surface area contributed by atoms with Gasteiger partial charge >= 0.3 is 6.18 Å². The van der Waals surface area contributed by atoms with Crippen LogP contribution in [0.5, 0.6) is 11.5 Å². The van der Waals surface area contributed by atoms with Crippen molar-refractivity contribution < 1.29 is 32.2 Å².